The van der Waals surface area contributed by atoms with Crippen molar-refractivity contribution in [3.8, 4) is 29.7 Å². The molecule has 0 aliphatic carbocycles. The molecule has 0 spiro atoms. The second kappa shape index (κ2) is 11.7. The van der Waals surface area contributed by atoms with Crippen LogP contribution in [0.5, 0.6) is 11.5 Å². The van der Waals surface area contributed by atoms with E-state index < -0.39 is 35.5 Å². The molecular weight excluding hydrogens is 428 g/mol. The number of phenols is 1. The summed E-state index contributed by atoms with van der Waals surface area (Å²) in [6.07, 6.45) is 4.70. The number of methoxy groups -OCH3 is 1. The predicted molar refractivity (Wildman–Crippen MR) is 112 cm³/mol. The van der Waals surface area contributed by atoms with E-state index in [0.29, 0.717) is 11.3 Å². The van der Waals surface area contributed by atoms with Gasteiger partial charge in [0.1, 0.15) is 11.5 Å². The maximum atomic E-state index is 12.0. The minimum Gasteiger partial charge on any atom is -0.508 e. The summed E-state index contributed by atoms with van der Waals surface area (Å²) < 4.78 is 10.2. The molecule has 0 saturated carbocycles. The van der Waals surface area contributed by atoms with Crippen molar-refractivity contribution in [3.63, 3.8) is 0 Å². The van der Waals surface area contributed by atoms with E-state index in [9.17, 15) is 35.3 Å². The monoisotopic (exact) mass is 448 g/mol. The molecule has 10 nitrogen and oxygen atoms in total. The van der Waals surface area contributed by atoms with Crippen molar-refractivity contribution in [2.45, 2.75) is 6.42 Å². The highest BCUT2D eigenvalue weighted by atomic mass is 16.5. The summed E-state index contributed by atoms with van der Waals surface area (Å²) >= 11 is 0. The second-order valence-electron chi connectivity index (χ2n) is 6.96. The largest absolute Gasteiger partial charge is 0.508 e. The van der Waals surface area contributed by atoms with E-state index in [4.69, 9.17) is 9.47 Å². The first-order chi connectivity index (χ1) is 15.8. The molecule has 2 amide bonds. The summed E-state index contributed by atoms with van der Waals surface area (Å²) in [5.41, 5.74) is 0.532. The Bertz CT molecular complexity index is 1090. The molecule has 0 fully saturated rings. The smallest absolute Gasteiger partial charge is 0.330 e. The van der Waals surface area contributed by atoms with Crippen molar-refractivity contribution in [1.82, 2.24) is 4.90 Å². The lowest BCUT2D eigenvalue weighted by molar-refractivity contribution is -0.139. The molecule has 2 rings (SSSR count). The van der Waals surface area contributed by atoms with Crippen LogP contribution < -0.4 is 4.74 Å². The molecule has 0 saturated heterocycles. The van der Waals surface area contributed by atoms with E-state index in [1.54, 1.807) is 6.07 Å². The van der Waals surface area contributed by atoms with Gasteiger partial charge in [-0.3, -0.25) is 14.5 Å². The number of benzene rings is 1. The summed E-state index contributed by atoms with van der Waals surface area (Å²) in [5.74, 6) is -4.66. The summed E-state index contributed by atoms with van der Waals surface area (Å²) in [6.45, 7) is -0.498. The molecule has 0 bridgehead atoms. The Labute approximate surface area is 190 Å². The lowest BCUT2D eigenvalue weighted by atomic mass is 9.82. The first-order valence-corrected chi connectivity index (χ1v) is 9.78. The molecule has 3 unspecified atom stereocenters. The topological polar surface area (TPSA) is 165 Å². The number of hydrogen-bond donors (Lipinski definition) is 1. The molecular formula is C23H20N4O6. The minimum absolute atomic E-state index is 0.00608. The number of aromatic hydroxyl groups is 1. The van der Waals surface area contributed by atoms with Crippen molar-refractivity contribution in [1.29, 1.82) is 15.8 Å². The van der Waals surface area contributed by atoms with E-state index >= 15 is 0 Å². The molecule has 1 N–H and O–H groups in total. The highest BCUT2D eigenvalue weighted by molar-refractivity contribution is 6.12. The molecule has 10 heteroatoms. The van der Waals surface area contributed by atoms with E-state index in [2.05, 4.69) is 0 Å². The van der Waals surface area contributed by atoms with Crippen LogP contribution in [0.3, 0.4) is 0 Å². The standard InChI is InChI=1S/C23H20N4O6/c1-32-20-10-18(28)4-2-15(20)3-7-23(31)33-9-8-16(11-24)19(13-26)17(12-25)14-27-21(29)5-6-22(27)30/h2-7,10,16-17,19,28H,8-9,14H2,1H3/b7-3+. The van der Waals surface area contributed by atoms with Gasteiger partial charge in [-0.05, 0) is 24.6 Å². The quantitative estimate of drug-likeness (QED) is 0.318. The molecule has 1 aromatic rings. The van der Waals surface area contributed by atoms with Gasteiger partial charge in [0.05, 0.1) is 49.7 Å². The number of hydrogen-bond acceptors (Lipinski definition) is 9. The zero-order valence-corrected chi connectivity index (χ0v) is 17.7. The van der Waals surface area contributed by atoms with Gasteiger partial charge in [-0.2, -0.15) is 15.8 Å². The summed E-state index contributed by atoms with van der Waals surface area (Å²) in [5, 5.41) is 37.9. The van der Waals surface area contributed by atoms with Crippen LogP contribution in [0.15, 0.2) is 36.4 Å². The van der Waals surface area contributed by atoms with E-state index in [0.717, 1.165) is 23.1 Å². The first-order valence-electron chi connectivity index (χ1n) is 9.78. The Hall–Kier alpha value is -4.62. The summed E-state index contributed by atoms with van der Waals surface area (Å²) in [7, 11) is 1.42. The zero-order chi connectivity index (χ0) is 24.4. The molecule has 3 atom stereocenters. The van der Waals surface area contributed by atoms with Gasteiger partial charge in [0.25, 0.3) is 11.8 Å². The van der Waals surface area contributed by atoms with Gasteiger partial charge in [0.15, 0.2) is 0 Å². The average Bonchev–Trinajstić information content (AvgIpc) is 3.13. The van der Waals surface area contributed by atoms with Crippen molar-refractivity contribution in [2.75, 3.05) is 20.3 Å². The summed E-state index contributed by atoms with van der Waals surface area (Å²) in [6, 6.07) is 10.1. The fraction of sp³-hybridized carbons (Fsp3) is 0.304. The number of phenolic OH excluding ortho intramolecular Hbond substituents is 1. The first kappa shape index (κ1) is 24.6. The molecule has 168 valence electrons. The fourth-order valence-electron chi connectivity index (χ4n) is 3.16. The van der Waals surface area contributed by atoms with Crippen LogP contribution in [0.4, 0.5) is 0 Å². The van der Waals surface area contributed by atoms with Gasteiger partial charge in [-0.25, -0.2) is 4.79 Å². The van der Waals surface area contributed by atoms with Gasteiger partial charge >= 0.3 is 5.97 Å². The van der Waals surface area contributed by atoms with Crippen LogP contribution in [-0.4, -0.2) is 48.1 Å². The van der Waals surface area contributed by atoms with Crippen LogP contribution in [0.1, 0.15) is 12.0 Å². The molecule has 1 aromatic carbocycles. The Morgan fingerprint density at radius 3 is 2.36 bits per heavy atom. The number of imide groups is 1. The van der Waals surface area contributed by atoms with E-state index in [1.807, 2.05) is 18.2 Å². The Morgan fingerprint density at radius 1 is 1.12 bits per heavy atom. The minimum atomic E-state index is -1.10. The van der Waals surface area contributed by atoms with Crippen LogP contribution in [0, 0.1) is 51.7 Å². The number of rotatable bonds is 10. The Kier molecular flexibility index (Phi) is 8.73. The van der Waals surface area contributed by atoms with Crippen molar-refractivity contribution >= 4 is 23.9 Å². The lowest BCUT2D eigenvalue weighted by Crippen LogP contribution is -2.38. The Morgan fingerprint density at radius 2 is 1.79 bits per heavy atom. The van der Waals surface area contributed by atoms with Crippen molar-refractivity contribution < 1.29 is 29.0 Å². The molecule has 1 aliphatic heterocycles. The van der Waals surface area contributed by atoms with Crippen LogP contribution in [0.2, 0.25) is 0 Å². The molecule has 1 aliphatic rings. The van der Waals surface area contributed by atoms with Crippen LogP contribution in [0.25, 0.3) is 6.08 Å². The summed E-state index contributed by atoms with van der Waals surface area (Å²) in [4.78, 5) is 36.3. The fourth-order valence-corrected chi connectivity index (χ4v) is 3.16. The number of ether oxygens (including phenoxy) is 2. The molecule has 33 heavy (non-hydrogen) atoms. The highest BCUT2D eigenvalue weighted by Crippen LogP contribution is 2.26. The number of carbonyl (C=O) groups excluding carboxylic acids is 3. The maximum absolute atomic E-state index is 12.0. The third-order valence-corrected chi connectivity index (χ3v) is 4.92. The van der Waals surface area contributed by atoms with Gasteiger partial charge < -0.3 is 14.6 Å². The van der Waals surface area contributed by atoms with Gasteiger partial charge in [-0.15, -0.1) is 0 Å². The third-order valence-electron chi connectivity index (χ3n) is 4.92. The number of carbonyl (C=O) groups is 3. The predicted octanol–water partition coefficient (Wildman–Crippen LogP) is 1.69. The Balaban J connectivity index is 1.95. The normalized spacial score (nSPS) is 15.4. The van der Waals surface area contributed by atoms with Gasteiger partial charge in [-0.1, -0.05) is 0 Å². The zero-order valence-electron chi connectivity index (χ0n) is 17.7. The SMILES string of the molecule is COc1cc(O)ccc1/C=C/C(=O)OCCC(C#N)C(C#N)C(C#N)CN1C(=O)C=CC1=O. The van der Waals surface area contributed by atoms with Crippen molar-refractivity contribution in [3.05, 3.63) is 42.0 Å². The third kappa shape index (κ3) is 6.43. The average molecular weight is 448 g/mol. The molecule has 0 radical (unpaired) electrons. The van der Waals surface area contributed by atoms with Gasteiger partial charge in [0, 0.05) is 36.4 Å². The number of nitriles is 3. The molecule has 0 aromatic heterocycles. The molecule has 1 heterocycles. The lowest BCUT2D eigenvalue weighted by Gasteiger charge is -2.23. The number of nitrogens with zero attached hydrogens (tertiary/aromatic N) is 4. The van der Waals surface area contributed by atoms with E-state index in [1.165, 1.54) is 25.3 Å². The second-order valence-corrected chi connectivity index (χ2v) is 6.96. The highest BCUT2D eigenvalue weighted by Gasteiger charge is 2.35. The van der Waals surface area contributed by atoms with Gasteiger partial charge in [0.2, 0.25) is 0 Å². The maximum Gasteiger partial charge on any atom is 0.330 e. The van der Waals surface area contributed by atoms with Crippen molar-refractivity contribution in [2.24, 2.45) is 17.8 Å². The van der Waals surface area contributed by atoms with E-state index in [-0.39, 0.29) is 25.3 Å². The number of esters is 1. The van der Waals surface area contributed by atoms with Crippen LogP contribution >= 0.6 is 0 Å². The van der Waals surface area contributed by atoms with Crippen LogP contribution in [-0.2, 0) is 19.1 Å². The number of amides is 2.